The number of amides is 1. The van der Waals surface area contributed by atoms with E-state index in [0.717, 1.165) is 15.8 Å². The van der Waals surface area contributed by atoms with Crippen molar-refractivity contribution in [2.75, 3.05) is 17.8 Å². The van der Waals surface area contributed by atoms with Crippen LogP contribution in [0.3, 0.4) is 0 Å². The Bertz CT molecular complexity index is 921. The zero-order chi connectivity index (χ0) is 18.7. The van der Waals surface area contributed by atoms with Crippen LogP contribution in [0.15, 0.2) is 64.5 Å². The molecule has 0 N–H and O–H groups in total. The average Bonchev–Trinajstić information content (AvgIpc) is 2.97. The first-order valence-electron chi connectivity index (χ1n) is 7.99. The Balaban J connectivity index is 1.88. The predicted octanol–water partition coefficient (Wildman–Crippen LogP) is 3.34. The maximum absolute atomic E-state index is 13.0. The third-order valence-electron chi connectivity index (χ3n) is 4.13. The third-order valence-corrected chi connectivity index (χ3v) is 6.04. The molecular weight excluding hydrogens is 418 g/mol. The Morgan fingerprint density at radius 2 is 1.81 bits per heavy atom. The molecule has 0 radical (unpaired) electrons. The van der Waals surface area contributed by atoms with Gasteiger partial charge >= 0.3 is 0 Å². The van der Waals surface area contributed by atoms with Gasteiger partial charge in [-0.1, -0.05) is 28.1 Å². The highest BCUT2D eigenvalue weighted by Crippen LogP contribution is 2.25. The normalized spacial score (nSPS) is 17.8. The van der Waals surface area contributed by atoms with Crippen LogP contribution in [0, 0.1) is 0 Å². The number of sulfone groups is 1. The van der Waals surface area contributed by atoms with Crippen molar-refractivity contribution in [3.63, 3.8) is 0 Å². The lowest BCUT2D eigenvalue weighted by Crippen LogP contribution is -2.42. The molecule has 5 nitrogen and oxygen atoms in total. The molecule has 26 heavy (non-hydrogen) atoms. The summed E-state index contributed by atoms with van der Waals surface area (Å²) in [5, 5.41) is 1.18. The van der Waals surface area contributed by atoms with Crippen LogP contribution in [0.5, 0.6) is 5.75 Å². The molecule has 2 aromatic carbocycles. The Morgan fingerprint density at radius 1 is 1.15 bits per heavy atom. The van der Waals surface area contributed by atoms with Gasteiger partial charge in [0.05, 0.1) is 25.3 Å². The lowest BCUT2D eigenvalue weighted by molar-refractivity contribution is -0.118. The fraction of sp³-hybridized carbons (Fsp3) is 0.211. The van der Waals surface area contributed by atoms with Crippen molar-refractivity contribution in [1.29, 1.82) is 0 Å². The van der Waals surface area contributed by atoms with E-state index in [1.165, 1.54) is 5.41 Å². The number of anilines is 1. The van der Waals surface area contributed by atoms with Crippen LogP contribution in [-0.4, -0.2) is 33.2 Å². The number of nitrogens with zero attached hydrogens (tertiary/aromatic N) is 1. The Hall–Kier alpha value is -2.12. The Kier molecular flexibility index (Phi) is 5.48. The van der Waals surface area contributed by atoms with Crippen LogP contribution in [0.4, 0.5) is 5.69 Å². The topological polar surface area (TPSA) is 63.7 Å². The highest BCUT2D eigenvalue weighted by atomic mass is 79.9. The minimum atomic E-state index is -3.27. The van der Waals surface area contributed by atoms with E-state index in [1.807, 2.05) is 24.3 Å². The van der Waals surface area contributed by atoms with E-state index >= 15 is 0 Å². The van der Waals surface area contributed by atoms with Gasteiger partial charge in [0.25, 0.3) is 0 Å². The Labute approximate surface area is 161 Å². The summed E-state index contributed by atoms with van der Waals surface area (Å²) in [6.07, 6.45) is 1.74. The van der Waals surface area contributed by atoms with Gasteiger partial charge in [0, 0.05) is 15.6 Å². The van der Waals surface area contributed by atoms with Crippen LogP contribution in [0.1, 0.15) is 5.56 Å². The fourth-order valence-electron chi connectivity index (χ4n) is 2.85. The Morgan fingerprint density at radius 3 is 2.35 bits per heavy atom. The second-order valence-corrected chi connectivity index (χ2v) is 8.84. The summed E-state index contributed by atoms with van der Waals surface area (Å²) >= 11 is 3.38. The molecule has 7 heteroatoms. The first-order valence-corrected chi connectivity index (χ1v) is 10.5. The summed E-state index contributed by atoms with van der Waals surface area (Å²) in [7, 11) is -1.69. The molecule has 0 saturated heterocycles. The first kappa shape index (κ1) is 18.7. The molecule has 0 bridgehead atoms. The van der Waals surface area contributed by atoms with Crippen molar-refractivity contribution >= 4 is 37.4 Å². The predicted molar refractivity (Wildman–Crippen MR) is 105 cm³/mol. The lowest BCUT2D eigenvalue weighted by atomic mass is 10.1. The molecule has 2 aromatic rings. The van der Waals surface area contributed by atoms with Crippen molar-refractivity contribution in [2.24, 2.45) is 0 Å². The van der Waals surface area contributed by atoms with E-state index in [1.54, 1.807) is 42.4 Å². The summed E-state index contributed by atoms with van der Waals surface area (Å²) in [6.45, 7) is 0. The summed E-state index contributed by atoms with van der Waals surface area (Å²) in [5.41, 5.74) is 1.50. The van der Waals surface area contributed by atoms with Crippen molar-refractivity contribution < 1.29 is 17.9 Å². The van der Waals surface area contributed by atoms with Crippen LogP contribution in [-0.2, 0) is 21.1 Å². The van der Waals surface area contributed by atoms with Crippen LogP contribution in [0.25, 0.3) is 0 Å². The van der Waals surface area contributed by atoms with E-state index in [9.17, 15) is 13.2 Å². The van der Waals surface area contributed by atoms with Crippen LogP contribution >= 0.6 is 15.9 Å². The average molecular weight is 436 g/mol. The quantitative estimate of drug-likeness (QED) is 0.722. The maximum atomic E-state index is 13.0. The highest BCUT2D eigenvalue weighted by Gasteiger charge is 2.31. The van der Waals surface area contributed by atoms with Gasteiger partial charge < -0.3 is 9.64 Å². The molecule has 0 spiro atoms. The molecule has 0 unspecified atom stereocenters. The number of rotatable bonds is 5. The second-order valence-electron chi connectivity index (χ2n) is 5.99. The molecule has 1 amide bonds. The van der Waals surface area contributed by atoms with Crippen molar-refractivity contribution in [3.05, 3.63) is 70.1 Å². The lowest BCUT2D eigenvalue weighted by Gasteiger charge is -2.28. The SMILES string of the molecule is COc1ccc(CC(=O)N(c2ccc(Br)cc2)[C@H]2C=CS(=O)(=O)C2)cc1. The molecule has 1 aliphatic heterocycles. The van der Waals surface area contributed by atoms with Crippen molar-refractivity contribution in [2.45, 2.75) is 12.5 Å². The largest absolute Gasteiger partial charge is 0.497 e. The van der Waals surface area contributed by atoms with E-state index in [-0.39, 0.29) is 18.1 Å². The van der Waals surface area contributed by atoms with Crippen molar-refractivity contribution in [1.82, 2.24) is 0 Å². The second kappa shape index (κ2) is 7.63. The number of hydrogen-bond acceptors (Lipinski definition) is 4. The summed E-state index contributed by atoms with van der Waals surface area (Å²) in [4.78, 5) is 14.6. The monoisotopic (exact) mass is 435 g/mol. The zero-order valence-corrected chi connectivity index (χ0v) is 16.5. The molecule has 0 aliphatic carbocycles. The smallest absolute Gasteiger partial charge is 0.231 e. The number of halogens is 1. The van der Waals surface area contributed by atoms with Crippen molar-refractivity contribution in [3.8, 4) is 5.75 Å². The number of benzene rings is 2. The molecule has 1 heterocycles. The van der Waals surface area contributed by atoms with Gasteiger partial charge in [-0.3, -0.25) is 4.79 Å². The number of methoxy groups -OCH3 is 1. The van der Waals surface area contributed by atoms with Crippen LogP contribution < -0.4 is 9.64 Å². The zero-order valence-electron chi connectivity index (χ0n) is 14.1. The number of ether oxygens (including phenoxy) is 1. The molecule has 136 valence electrons. The van der Waals surface area contributed by atoms with Gasteiger partial charge in [0.15, 0.2) is 9.84 Å². The number of carbonyl (C=O) groups excluding carboxylic acids is 1. The minimum Gasteiger partial charge on any atom is -0.497 e. The minimum absolute atomic E-state index is 0.0998. The number of hydrogen-bond donors (Lipinski definition) is 0. The van der Waals surface area contributed by atoms with E-state index < -0.39 is 15.9 Å². The van der Waals surface area contributed by atoms with Crippen LogP contribution in [0.2, 0.25) is 0 Å². The maximum Gasteiger partial charge on any atom is 0.231 e. The van der Waals surface area contributed by atoms with Gasteiger partial charge in [0.1, 0.15) is 5.75 Å². The standard InChI is InChI=1S/C19H18BrNO4S/c1-25-18-8-2-14(3-9-18)12-19(22)21(16-6-4-15(20)5-7-16)17-10-11-26(23,24)13-17/h2-11,17H,12-13H2,1H3/t17-/m0/s1. The fourth-order valence-corrected chi connectivity index (χ4v) is 4.38. The summed E-state index contributed by atoms with van der Waals surface area (Å²) < 4.78 is 29.7. The molecule has 3 rings (SSSR count). The first-order chi connectivity index (χ1) is 12.4. The molecule has 0 fully saturated rings. The summed E-state index contributed by atoms with van der Waals surface area (Å²) in [6, 6.07) is 14.0. The van der Waals surface area contributed by atoms with E-state index in [4.69, 9.17) is 4.74 Å². The van der Waals surface area contributed by atoms with E-state index in [2.05, 4.69) is 15.9 Å². The third kappa shape index (κ3) is 4.34. The van der Waals surface area contributed by atoms with Gasteiger partial charge in [0.2, 0.25) is 5.91 Å². The summed E-state index contributed by atoms with van der Waals surface area (Å²) in [5.74, 6) is 0.456. The van der Waals surface area contributed by atoms with Gasteiger partial charge in [-0.05, 0) is 48.0 Å². The number of carbonyl (C=O) groups is 1. The molecule has 0 saturated carbocycles. The van der Waals surface area contributed by atoms with Gasteiger partial charge in [-0.25, -0.2) is 8.42 Å². The molecule has 0 aromatic heterocycles. The van der Waals surface area contributed by atoms with Gasteiger partial charge in [-0.15, -0.1) is 0 Å². The molecular formula is C19H18BrNO4S. The van der Waals surface area contributed by atoms with E-state index in [0.29, 0.717) is 5.69 Å². The highest BCUT2D eigenvalue weighted by molar-refractivity contribution is 9.10. The van der Waals surface area contributed by atoms with Gasteiger partial charge in [-0.2, -0.15) is 0 Å². The molecule has 1 aliphatic rings. The molecule has 1 atom stereocenters.